The Morgan fingerprint density at radius 2 is 1.89 bits per heavy atom. The van der Waals surface area contributed by atoms with Crippen LogP contribution in [0, 0.1) is 11.8 Å². The molecule has 0 amide bonds. The summed E-state index contributed by atoms with van der Waals surface area (Å²) in [6.45, 7) is 0. The van der Waals surface area contributed by atoms with E-state index in [2.05, 4.69) is 0 Å². The van der Waals surface area contributed by atoms with Gasteiger partial charge in [0.05, 0.1) is 0 Å². The average Bonchev–Trinajstić information content (AvgIpc) is 2.35. The average molecular weight is 125 g/mol. The van der Waals surface area contributed by atoms with Crippen LogP contribution in [-0.4, -0.2) is 6.04 Å². The van der Waals surface area contributed by atoms with Gasteiger partial charge in [-0.1, -0.05) is 12.8 Å². The zero-order valence-electron chi connectivity index (χ0n) is 5.84. The van der Waals surface area contributed by atoms with E-state index in [9.17, 15) is 0 Å². The lowest BCUT2D eigenvalue weighted by Crippen LogP contribution is -2.24. The smallest absolute Gasteiger partial charge is 0.00699 e. The fourth-order valence-electron chi connectivity index (χ4n) is 2.61. The quantitative estimate of drug-likeness (QED) is 0.522. The van der Waals surface area contributed by atoms with E-state index in [0.29, 0.717) is 6.04 Å². The molecule has 9 heavy (non-hydrogen) atoms. The van der Waals surface area contributed by atoms with Gasteiger partial charge in [-0.25, -0.2) is 0 Å². The van der Waals surface area contributed by atoms with Gasteiger partial charge < -0.3 is 5.73 Å². The third-order valence-corrected chi connectivity index (χ3v) is 3.14. The minimum Gasteiger partial charge on any atom is -0.327 e. The van der Waals surface area contributed by atoms with E-state index in [1.165, 1.54) is 32.1 Å². The molecule has 0 spiro atoms. The van der Waals surface area contributed by atoms with Crippen molar-refractivity contribution >= 4 is 0 Å². The summed E-state index contributed by atoms with van der Waals surface area (Å²) in [6.07, 6.45) is 7.06. The Bertz CT molecular complexity index is 111. The topological polar surface area (TPSA) is 26.0 Å². The van der Waals surface area contributed by atoms with Gasteiger partial charge in [0.1, 0.15) is 0 Å². The van der Waals surface area contributed by atoms with E-state index in [0.717, 1.165) is 11.8 Å². The molecule has 2 aliphatic rings. The second-order valence-electron chi connectivity index (χ2n) is 3.60. The van der Waals surface area contributed by atoms with Crippen molar-refractivity contribution in [3.8, 4) is 0 Å². The molecule has 0 aromatic rings. The van der Waals surface area contributed by atoms with Crippen LogP contribution in [0.5, 0.6) is 0 Å². The minimum absolute atomic E-state index is 0.567. The lowest BCUT2D eigenvalue weighted by atomic mass is 9.98. The third kappa shape index (κ3) is 0.787. The van der Waals surface area contributed by atoms with Crippen LogP contribution in [0.15, 0.2) is 0 Å². The van der Waals surface area contributed by atoms with Crippen molar-refractivity contribution in [1.29, 1.82) is 0 Å². The summed E-state index contributed by atoms with van der Waals surface area (Å²) < 4.78 is 0. The molecular formula is C8H15N. The van der Waals surface area contributed by atoms with Crippen LogP contribution in [0.2, 0.25) is 0 Å². The highest BCUT2D eigenvalue weighted by Gasteiger charge is 2.36. The van der Waals surface area contributed by atoms with Gasteiger partial charge in [0.25, 0.3) is 0 Å². The van der Waals surface area contributed by atoms with Crippen molar-refractivity contribution in [1.82, 2.24) is 0 Å². The summed E-state index contributed by atoms with van der Waals surface area (Å²) in [5.74, 6) is 1.95. The molecule has 3 atom stereocenters. The number of nitrogens with two attached hydrogens (primary N) is 1. The molecule has 1 nitrogen and oxygen atoms in total. The van der Waals surface area contributed by atoms with Gasteiger partial charge in [-0.3, -0.25) is 0 Å². The molecule has 0 heterocycles. The van der Waals surface area contributed by atoms with Crippen molar-refractivity contribution in [2.24, 2.45) is 17.6 Å². The first-order valence-corrected chi connectivity index (χ1v) is 4.13. The molecule has 0 aromatic heterocycles. The normalized spacial score (nSPS) is 49.7. The highest BCUT2D eigenvalue weighted by molar-refractivity contribution is 4.91. The summed E-state index contributed by atoms with van der Waals surface area (Å²) in [5, 5.41) is 0. The maximum Gasteiger partial charge on any atom is 0.00699 e. The van der Waals surface area contributed by atoms with Gasteiger partial charge in [-0.05, 0) is 31.1 Å². The van der Waals surface area contributed by atoms with Crippen LogP contribution in [0.4, 0.5) is 0 Å². The highest BCUT2D eigenvalue weighted by atomic mass is 14.7. The molecule has 2 saturated carbocycles. The first-order valence-electron chi connectivity index (χ1n) is 4.13. The van der Waals surface area contributed by atoms with Crippen LogP contribution in [0.3, 0.4) is 0 Å². The van der Waals surface area contributed by atoms with E-state index in [1.54, 1.807) is 0 Å². The lowest BCUT2D eigenvalue weighted by Gasteiger charge is -2.11. The maximum atomic E-state index is 5.92. The van der Waals surface area contributed by atoms with Crippen LogP contribution < -0.4 is 5.73 Å². The fraction of sp³-hybridized carbons (Fsp3) is 1.00. The number of fused-ring (bicyclic) bond motifs is 1. The lowest BCUT2D eigenvalue weighted by molar-refractivity contribution is 0.421. The summed E-state index contributed by atoms with van der Waals surface area (Å²) >= 11 is 0. The Morgan fingerprint density at radius 1 is 1.00 bits per heavy atom. The molecule has 2 fully saturated rings. The molecule has 0 unspecified atom stereocenters. The van der Waals surface area contributed by atoms with E-state index in [1.807, 2.05) is 0 Å². The molecule has 0 aliphatic heterocycles. The van der Waals surface area contributed by atoms with Gasteiger partial charge in [0.15, 0.2) is 0 Å². The molecule has 2 N–H and O–H groups in total. The zero-order valence-corrected chi connectivity index (χ0v) is 5.84. The van der Waals surface area contributed by atoms with Crippen molar-refractivity contribution < 1.29 is 0 Å². The summed E-state index contributed by atoms with van der Waals surface area (Å²) in [4.78, 5) is 0. The molecule has 52 valence electrons. The number of hydrogen-bond acceptors (Lipinski definition) is 1. The predicted octanol–water partition coefficient (Wildman–Crippen LogP) is 1.52. The fourth-order valence-corrected chi connectivity index (χ4v) is 2.61. The van der Waals surface area contributed by atoms with Crippen molar-refractivity contribution in [3.05, 3.63) is 0 Å². The first-order chi connectivity index (χ1) is 4.38. The first kappa shape index (κ1) is 5.72. The van der Waals surface area contributed by atoms with Gasteiger partial charge >= 0.3 is 0 Å². The van der Waals surface area contributed by atoms with Crippen LogP contribution in [-0.2, 0) is 0 Å². The Hall–Kier alpha value is -0.0400. The molecule has 2 rings (SSSR count). The number of rotatable bonds is 0. The van der Waals surface area contributed by atoms with Gasteiger partial charge in [-0.2, -0.15) is 0 Å². The van der Waals surface area contributed by atoms with Crippen molar-refractivity contribution in [3.63, 3.8) is 0 Å². The second kappa shape index (κ2) is 1.98. The van der Waals surface area contributed by atoms with E-state index in [-0.39, 0.29) is 0 Å². The highest BCUT2D eigenvalue weighted by Crippen LogP contribution is 2.42. The van der Waals surface area contributed by atoms with Crippen LogP contribution in [0.25, 0.3) is 0 Å². The van der Waals surface area contributed by atoms with Crippen molar-refractivity contribution in [2.75, 3.05) is 0 Å². The summed E-state index contributed by atoms with van der Waals surface area (Å²) in [6, 6.07) is 0.567. The van der Waals surface area contributed by atoms with Gasteiger partial charge in [0, 0.05) is 6.04 Å². The zero-order chi connectivity index (χ0) is 6.27. The maximum absolute atomic E-state index is 5.92. The monoisotopic (exact) mass is 125 g/mol. The molecule has 0 bridgehead atoms. The predicted molar refractivity (Wildman–Crippen MR) is 38.0 cm³/mol. The van der Waals surface area contributed by atoms with E-state index < -0.39 is 0 Å². The SMILES string of the molecule is N[C@@H]1CC[C@H]2CCC[C@H]21. The second-order valence-corrected chi connectivity index (χ2v) is 3.60. The Balaban J connectivity index is 2.07. The Kier molecular flexibility index (Phi) is 1.26. The Labute approximate surface area is 56.6 Å². The minimum atomic E-state index is 0.567. The third-order valence-electron chi connectivity index (χ3n) is 3.14. The standard InChI is InChI=1S/C8H15N/c9-8-5-4-6-2-1-3-7(6)8/h6-8H,1-5,9H2/t6-,7-,8-/m1/s1. The van der Waals surface area contributed by atoms with Crippen LogP contribution >= 0.6 is 0 Å². The van der Waals surface area contributed by atoms with Gasteiger partial charge in [0.2, 0.25) is 0 Å². The summed E-state index contributed by atoms with van der Waals surface area (Å²) in [5.41, 5.74) is 5.92. The molecule has 0 aromatic carbocycles. The van der Waals surface area contributed by atoms with Gasteiger partial charge in [-0.15, -0.1) is 0 Å². The molecular weight excluding hydrogens is 110 g/mol. The van der Waals surface area contributed by atoms with Crippen molar-refractivity contribution in [2.45, 2.75) is 38.1 Å². The number of hydrogen-bond donors (Lipinski definition) is 1. The molecule has 2 aliphatic carbocycles. The molecule has 0 saturated heterocycles. The Morgan fingerprint density at radius 3 is 2.67 bits per heavy atom. The van der Waals surface area contributed by atoms with Crippen LogP contribution in [0.1, 0.15) is 32.1 Å². The van der Waals surface area contributed by atoms with E-state index >= 15 is 0 Å². The van der Waals surface area contributed by atoms with E-state index in [4.69, 9.17) is 5.73 Å². The molecule has 1 heteroatoms. The summed E-state index contributed by atoms with van der Waals surface area (Å²) in [7, 11) is 0. The largest absolute Gasteiger partial charge is 0.327 e. The molecule has 0 radical (unpaired) electrons.